The highest BCUT2D eigenvalue weighted by atomic mass is 79.9. The van der Waals surface area contributed by atoms with Crippen molar-refractivity contribution in [3.05, 3.63) is 16.4 Å². The van der Waals surface area contributed by atoms with Crippen molar-refractivity contribution < 1.29 is 4.79 Å². The Morgan fingerprint density at radius 1 is 1.60 bits per heavy atom. The number of Topliss-reactive ketones (excluding diaryl/α,β-unsaturated/α-hetero) is 1. The van der Waals surface area contributed by atoms with E-state index in [4.69, 9.17) is 0 Å². The third kappa shape index (κ3) is 3.14. The summed E-state index contributed by atoms with van der Waals surface area (Å²) in [6, 6.07) is 0. The van der Waals surface area contributed by atoms with E-state index in [1.54, 1.807) is 10.9 Å². The molecule has 0 atom stereocenters. The van der Waals surface area contributed by atoms with Gasteiger partial charge in [-0.1, -0.05) is 6.92 Å². The fourth-order valence-corrected chi connectivity index (χ4v) is 1.86. The minimum atomic E-state index is 0.0784. The molecule has 0 aromatic carbocycles. The van der Waals surface area contributed by atoms with Crippen molar-refractivity contribution in [2.75, 3.05) is 13.1 Å². The van der Waals surface area contributed by atoms with Crippen LogP contribution in [-0.4, -0.2) is 28.7 Å². The van der Waals surface area contributed by atoms with Gasteiger partial charge in [0, 0.05) is 6.54 Å². The van der Waals surface area contributed by atoms with Crippen molar-refractivity contribution in [2.24, 2.45) is 0 Å². The number of aromatic nitrogens is 2. The van der Waals surface area contributed by atoms with Crippen molar-refractivity contribution >= 4 is 21.7 Å². The van der Waals surface area contributed by atoms with Gasteiger partial charge in [-0.3, -0.25) is 9.48 Å². The van der Waals surface area contributed by atoms with Gasteiger partial charge in [-0.15, -0.1) is 0 Å². The van der Waals surface area contributed by atoms with Gasteiger partial charge < -0.3 is 5.32 Å². The van der Waals surface area contributed by atoms with Crippen LogP contribution >= 0.6 is 15.9 Å². The summed E-state index contributed by atoms with van der Waals surface area (Å²) < 4.78 is 2.48. The molecule has 0 aliphatic heterocycles. The SMILES string of the molecule is CCCNCC(=O)c1c(Br)cnn1CC. The molecule has 0 aliphatic carbocycles. The molecule has 0 saturated carbocycles. The molecule has 1 heterocycles. The third-order valence-corrected chi connectivity index (χ3v) is 2.65. The molecule has 1 rings (SSSR count). The van der Waals surface area contributed by atoms with Gasteiger partial charge in [0.2, 0.25) is 0 Å². The van der Waals surface area contributed by atoms with E-state index in [2.05, 4.69) is 33.3 Å². The summed E-state index contributed by atoms with van der Waals surface area (Å²) in [5.74, 6) is 0.0784. The van der Waals surface area contributed by atoms with Crippen LogP contribution in [0.25, 0.3) is 0 Å². The fourth-order valence-electron chi connectivity index (χ4n) is 1.34. The Morgan fingerprint density at radius 2 is 2.33 bits per heavy atom. The van der Waals surface area contributed by atoms with E-state index in [0.29, 0.717) is 18.8 Å². The van der Waals surface area contributed by atoms with Crippen molar-refractivity contribution in [1.29, 1.82) is 0 Å². The normalized spacial score (nSPS) is 10.6. The molecule has 0 fully saturated rings. The molecule has 0 bridgehead atoms. The van der Waals surface area contributed by atoms with E-state index in [1.165, 1.54) is 0 Å². The Kier molecular flexibility index (Phi) is 4.98. The number of hydrogen-bond acceptors (Lipinski definition) is 3. The molecule has 15 heavy (non-hydrogen) atoms. The highest BCUT2D eigenvalue weighted by Gasteiger charge is 2.15. The molecule has 0 unspecified atom stereocenters. The second kappa shape index (κ2) is 6.02. The quantitative estimate of drug-likeness (QED) is 0.636. The second-order valence-corrected chi connectivity index (χ2v) is 4.11. The number of halogens is 1. The average Bonchev–Trinajstić information content (AvgIpc) is 2.59. The van der Waals surface area contributed by atoms with E-state index in [9.17, 15) is 4.79 Å². The van der Waals surface area contributed by atoms with E-state index >= 15 is 0 Å². The Labute approximate surface area is 98.2 Å². The molecule has 0 radical (unpaired) electrons. The van der Waals surface area contributed by atoms with Gasteiger partial charge in [-0.05, 0) is 35.8 Å². The standard InChI is InChI=1S/C10H16BrN3O/c1-3-5-12-7-9(15)10-8(11)6-13-14(10)4-2/h6,12H,3-5,7H2,1-2H3. The molecule has 1 N–H and O–H groups in total. The monoisotopic (exact) mass is 273 g/mol. The number of aryl methyl sites for hydroxylation is 1. The van der Waals surface area contributed by atoms with Crippen molar-refractivity contribution in [3.63, 3.8) is 0 Å². The van der Waals surface area contributed by atoms with Crippen molar-refractivity contribution in [3.8, 4) is 0 Å². The van der Waals surface area contributed by atoms with Crippen LogP contribution in [0.5, 0.6) is 0 Å². The summed E-state index contributed by atoms with van der Waals surface area (Å²) in [5.41, 5.74) is 0.654. The minimum Gasteiger partial charge on any atom is -0.310 e. The number of nitrogens with zero attached hydrogens (tertiary/aromatic N) is 2. The predicted molar refractivity (Wildman–Crippen MR) is 63.1 cm³/mol. The summed E-state index contributed by atoms with van der Waals surface area (Å²) in [5, 5.41) is 7.19. The van der Waals surface area contributed by atoms with E-state index in [0.717, 1.165) is 17.4 Å². The zero-order chi connectivity index (χ0) is 11.3. The number of rotatable bonds is 6. The number of carbonyl (C=O) groups excluding carboxylic acids is 1. The molecule has 0 spiro atoms. The average molecular weight is 274 g/mol. The maximum atomic E-state index is 11.8. The summed E-state index contributed by atoms with van der Waals surface area (Å²) in [6.07, 6.45) is 2.69. The van der Waals surface area contributed by atoms with Crippen LogP contribution in [0.15, 0.2) is 10.7 Å². The first-order chi connectivity index (χ1) is 7.20. The van der Waals surface area contributed by atoms with Gasteiger partial charge in [-0.25, -0.2) is 0 Å². The number of hydrogen-bond donors (Lipinski definition) is 1. The first-order valence-corrected chi connectivity index (χ1v) is 5.95. The summed E-state index contributed by atoms with van der Waals surface area (Å²) >= 11 is 3.34. The molecule has 0 saturated heterocycles. The zero-order valence-electron chi connectivity index (χ0n) is 9.09. The maximum absolute atomic E-state index is 11.8. The Bertz CT molecular complexity index is 335. The van der Waals surface area contributed by atoms with E-state index < -0.39 is 0 Å². The van der Waals surface area contributed by atoms with Crippen LogP contribution in [0.4, 0.5) is 0 Å². The lowest BCUT2D eigenvalue weighted by atomic mass is 10.2. The molecule has 4 nitrogen and oxygen atoms in total. The molecule has 0 amide bonds. The van der Waals surface area contributed by atoms with Crippen LogP contribution < -0.4 is 5.32 Å². The lowest BCUT2D eigenvalue weighted by molar-refractivity contribution is 0.0980. The van der Waals surface area contributed by atoms with Gasteiger partial charge in [0.1, 0.15) is 5.69 Å². The topological polar surface area (TPSA) is 46.9 Å². The first kappa shape index (κ1) is 12.4. The molecular weight excluding hydrogens is 258 g/mol. The molecule has 1 aromatic rings. The lowest BCUT2D eigenvalue weighted by Crippen LogP contribution is -2.25. The molecule has 0 aliphatic rings. The van der Waals surface area contributed by atoms with Gasteiger partial charge in [0.25, 0.3) is 0 Å². The Balaban J connectivity index is 2.67. The molecule has 5 heteroatoms. The van der Waals surface area contributed by atoms with E-state index in [1.807, 2.05) is 6.92 Å². The van der Waals surface area contributed by atoms with Gasteiger partial charge in [-0.2, -0.15) is 5.10 Å². The number of ketones is 1. The molecular formula is C10H16BrN3O. The Morgan fingerprint density at radius 3 is 2.93 bits per heavy atom. The summed E-state index contributed by atoms with van der Waals surface area (Å²) in [4.78, 5) is 11.8. The van der Waals surface area contributed by atoms with Crippen LogP contribution in [-0.2, 0) is 6.54 Å². The minimum absolute atomic E-state index is 0.0784. The van der Waals surface area contributed by atoms with Crippen LogP contribution in [0, 0.1) is 0 Å². The van der Waals surface area contributed by atoms with Gasteiger partial charge >= 0.3 is 0 Å². The summed E-state index contributed by atoms with van der Waals surface area (Å²) in [6.45, 7) is 5.99. The van der Waals surface area contributed by atoms with Gasteiger partial charge in [0.05, 0.1) is 17.2 Å². The largest absolute Gasteiger partial charge is 0.310 e. The highest BCUT2D eigenvalue weighted by molar-refractivity contribution is 9.10. The smallest absolute Gasteiger partial charge is 0.195 e. The summed E-state index contributed by atoms with van der Waals surface area (Å²) in [7, 11) is 0. The Hall–Kier alpha value is -0.680. The van der Waals surface area contributed by atoms with Crippen LogP contribution in [0.2, 0.25) is 0 Å². The van der Waals surface area contributed by atoms with Crippen molar-refractivity contribution in [1.82, 2.24) is 15.1 Å². The van der Waals surface area contributed by atoms with E-state index in [-0.39, 0.29) is 5.78 Å². The second-order valence-electron chi connectivity index (χ2n) is 3.26. The predicted octanol–water partition coefficient (Wildman–Crippen LogP) is 1.85. The maximum Gasteiger partial charge on any atom is 0.195 e. The van der Waals surface area contributed by atoms with Gasteiger partial charge in [0.15, 0.2) is 5.78 Å². The molecule has 1 aromatic heterocycles. The number of nitrogens with one attached hydrogen (secondary N) is 1. The first-order valence-electron chi connectivity index (χ1n) is 5.15. The van der Waals surface area contributed by atoms with Crippen molar-refractivity contribution in [2.45, 2.75) is 26.8 Å². The number of carbonyl (C=O) groups is 1. The highest BCUT2D eigenvalue weighted by Crippen LogP contribution is 2.16. The fraction of sp³-hybridized carbons (Fsp3) is 0.600. The third-order valence-electron chi connectivity index (χ3n) is 2.07. The van der Waals surface area contributed by atoms with Crippen LogP contribution in [0.1, 0.15) is 30.8 Å². The van der Waals surface area contributed by atoms with Crippen LogP contribution in [0.3, 0.4) is 0 Å². The zero-order valence-corrected chi connectivity index (χ0v) is 10.7. The lowest BCUT2D eigenvalue weighted by Gasteiger charge is -2.05. The molecule has 84 valence electrons.